The van der Waals surface area contributed by atoms with Gasteiger partial charge < -0.3 is 0 Å². The van der Waals surface area contributed by atoms with Gasteiger partial charge in [-0.1, -0.05) is 84.0 Å². The van der Waals surface area contributed by atoms with Crippen molar-refractivity contribution in [2.75, 3.05) is 0 Å². The van der Waals surface area contributed by atoms with E-state index in [-0.39, 0.29) is 16.6 Å². The highest BCUT2D eigenvalue weighted by atomic mass is 19.1. The molecule has 2 heteroatoms. The van der Waals surface area contributed by atoms with Gasteiger partial charge in [-0.2, -0.15) is 5.26 Å². The molecule has 5 aromatic rings. The zero-order valence-electron chi connectivity index (χ0n) is 22.4. The van der Waals surface area contributed by atoms with Crippen LogP contribution < -0.4 is 0 Å². The summed E-state index contributed by atoms with van der Waals surface area (Å²) in [5.74, 6) is -0.220. The van der Waals surface area contributed by atoms with Crippen LogP contribution >= 0.6 is 0 Å². The van der Waals surface area contributed by atoms with Crippen LogP contribution in [-0.2, 0) is 10.8 Å². The first kappa shape index (κ1) is 24.7. The van der Waals surface area contributed by atoms with Gasteiger partial charge in [0.25, 0.3) is 0 Å². The minimum atomic E-state index is -0.220. The summed E-state index contributed by atoms with van der Waals surface area (Å²) in [4.78, 5) is 0. The van der Waals surface area contributed by atoms with Crippen LogP contribution in [0.5, 0.6) is 0 Å². The molecule has 37 heavy (non-hydrogen) atoms. The van der Waals surface area contributed by atoms with Crippen LogP contribution in [0.15, 0.2) is 84.9 Å². The molecule has 0 atom stereocenters. The smallest absolute Gasteiger partial charge is 0.131 e. The summed E-state index contributed by atoms with van der Waals surface area (Å²) in [5, 5.41) is 14.0. The quantitative estimate of drug-likeness (QED) is 0.244. The van der Waals surface area contributed by atoms with E-state index in [0.29, 0.717) is 11.1 Å². The second-order valence-electron chi connectivity index (χ2n) is 12.0. The summed E-state index contributed by atoms with van der Waals surface area (Å²) in [5.41, 5.74) is 6.32. The molecule has 0 aliphatic rings. The molecule has 5 aromatic carbocycles. The van der Waals surface area contributed by atoms with E-state index in [1.54, 1.807) is 6.07 Å². The Labute approximate surface area is 219 Å². The molecule has 0 saturated heterocycles. The predicted octanol–water partition coefficient (Wildman–Crippen LogP) is 9.93. The van der Waals surface area contributed by atoms with E-state index in [1.165, 1.54) is 0 Å². The van der Waals surface area contributed by atoms with Gasteiger partial charge in [0.05, 0.1) is 11.6 Å². The highest BCUT2D eigenvalue weighted by molar-refractivity contribution is 6.01. The van der Waals surface area contributed by atoms with Crippen LogP contribution in [0, 0.1) is 17.1 Å². The molecule has 0 unspecified atom stereocenters. The fourth-order valence-electron chi connectivity index (χ4n) is 5.13. The van der Waals surface area contributed by atoms with Gasteiger partial charge in [0, 0.05) is 5.56 Å². The maximum absolute atomic E-state index is 15.3. The van der Waals surface area contributed by atoms with E-state index in [2.05, 4.69) is 90.1 Å². The predicted molar refractivity (Wildman–Crippen MR) is 154 cm³/mol. The number of hydrogen-bond acceptors (Lipinski definition) is 1. The second-order valence-corrected chi connectivity index (χ2v) is 12.0. The fraction of sp³-hybridized carbons (Fsp3) is 0.229. The molecule has 0 aromatic heterocycles. The van der Waals surface area contributed by atoms with Gasteiger partial charge in [0.15, 0.2) is 0 Å². The molecule has 0 fully saturated rings. The van der Waals surface area contributed by atoms with Gasteiger partial charge in [0.1, 0.15) is 5.82 Å². The SMILES string of the molecule is CC(C)(C)c1ccc(F)c(-c2cc(-c3ccc4c(C(C)(C)C)cc(C#N)cc4c3)cc3ccccc23)c1. The Morgan fingerprint density at radius 3 is 2.05 bits per heavy atom. The number of rotatable bonds is 2. The first-order valence-corrected chi connectivity index (χ1v) is 12.8. The molecule has 0 aliphatic carbocycles. The monoisotopic (exact) mass is 485 g/mol. The van der Waals surface area contributed by atoms with Crippen LogP contribution in [0.1, 0.15) is 58.2 Å². The molecule has 0 amide bonds. The Kier molecular flexibility index (Phi) is 5.92. The van der Waals surface area contributed by atoms with Gasteiger partial charge in [0.2, 0.25) is 0 Å². The number of halogens is 1. The highest BCUT2D eigenvalue weighted by Crippen LogP contribution is 2.39. The Hall–Kier alpha value is -3.96. The van der Waals surface area contributed by atoms with E-state index in [1.807, 2.05) is 36.4 Å². The number of hydrogen-bond donors (Lipinski definition) is 0. The second kappa shape index (κ2) is 8.86. The Morgan fingerprint density at radius 2 is 1.35 bits per heavy atom. The molecule has 0 heterocycles. The summed E-state index contributed by atoms with van der Waals surface area (Å²) >= 11 is 0. The minimum absolute atomic E-state index is 0.0850. The minimum Gasteiger partial charge on any atom is -0.206 e. The van der Waals surface area contributed by atoms with Crippen LogP contribution in [0.3, 0.4) is 0 Å². The highest BCUT2D eigenvalue weighted by Gasteiger charge is 2.20. The number of benzene rings is 5. The molecule has 0 spiro atoms. The largest absolute Gasteiger partial charge is 0.206 e. The van der Waals surface area contributed by atoms with Crippen LogP contribution in [0.4, 0.5) is 4.39 Å². The molecule has 1 nitrogen and oxygen atoms in total. The Balaban J connectivity index is 1.77. The van der Waals surface area contributed by atoms with Crippen molar-refractivity contribution in [3.05, 3.63) is 107 Å². The third-order valence-corrected chi connectivity index (χ3v) is 7.21. The van der Waals surface area contributed by atoms with Crippen molar-refractivity contribution in [2.24, 2.45) is 0 Å². The van der Waals surface area contributed by atoms with Gasteiger partial charge in [-0.3, -0.25) is 0 Å². The summed E-state index contributed by atoms with van der Waals surface area (Å²) < 4.78 is 15.3. The molecule has 184 valence electrons. The number of fused-ring (bicyclic) bond motifs is 2. The molecule has 0 bridgehead atoms. The standard InChI is InChI=1S/C35H32FN/c1-34(2,3)27-12-14-33(36)31(20-27)30-19-25(18-24-9-7-8-10-28(24)30)23-11-13-29-26(17-23)15-22(21-37)16-32(29)35(4,5)6/h7-20H,1-6H3. The molecule has 0 radical (unpaired) electrons. The lowest BCUT2D eigenvalue weighted by Crippen LogP contribution is -2.12. The van der Waals surface area contributed by atoms with Crippen molar-refractivity contribution < 1.29 is 4.39 Å². The third kappa shape index (κ3) is 4.63. The van der Waals surface area contributed by atoms with Crippen LogP contribution in [0.2, 0.25) is 0 Å². The van der Waals surface area contributed by atoms with Gasteiger partial charge in [-0.15, -0.1) is 0 Å². The maximum Gasteiger partial charge on any atom is 0.131 e. The Bertz CT molecular complexity index is 1700. The fourth-order valence-corrected chi connectivity index (χ4v) is 5.13. The molecular formula is C35H32FN. The molecule has 0 aliphatic heterocycles. The molecule has 0 saturated carbocycles. The third-order valence-electron chi connectivity index (χ3n) is 7.21. The van der Waals surface area contributed by atoms with Crippen LogP contribution in [-0.4, -0.2) is 0 Å². The lowest BCUT2D eigenvalue weighted by molar-refractivity contribution is 0.584. The van der Waals surface area contributed by atoms with Crippen LogP contribution in [0.25, 0.3) is 43.8 Å². The van der Waals surface area contributed by atoms with E-state index < -0.39 is 0 Å². The Morgan fingerprint density at radius 1 is 0.622 bits per heavy atom. The number of nitriles is 1. The zero-order valence-corrected chi connectivity index (χ0v) is 22.4. The van der Waals surface area contributed by atoms with Gasteiger partial charge >= 0.3 is 0 Å². The van der Waals surface area contributed by atoms with Crippen molar-refractivity contribution in [3.63, 3.8) is 0 Å². The lowest BCUT2D eigenvalue weighted by Gasteiger charge is -2.22. The van der Waals surface area contributed by atoms with Crippen molar-refractivity contribution in [1.82, 2.24) is 0 Å². The van der Waals surface area contributed by atoms with E-state index in [4.69, 9.17) is 0 Å². The van der Waals surface area contributed by atoms with E-state index >= 15 is 4.39 Å². The lowest BCUT2D eigenvalue weighted by atomic mass is 9.82. The van der Waals surface area contributed by atoms with Gasteiger partial charge in [-0.05, 0) is 103 Å². The molecule has 5 rings (SSSR count). The topological polar surface area (TPSA) is 23.8 Å². The summed E-state index contributed by atoms with van der Waals surface area (Å²) in [7, 11) is 0. The average Bonchev–Trinajstić information content (AvgIpc) is 2.86. The van der Waals surface area contributed by atoms with E-state index in [9.17, 15) is 5.26 Å². The van der Waals surface area contributed by atoms with Crippen molar-refractivity contribution in [3.8, 4) is 28.3 Å². The van der Waals surface area contributed by atoms with Crippen molar-refractivity contribution in [1.29, 1.82) is 5.26 Å². The summed E-state index contributed by atoms with van der Waals surface area (Å²) in [6.45, 7) is 13.0. The maximum atomic E-state index is 15.3. The summed E-state index contributed by atoms with van der Waals surface area (Å²) in [6.07, 6.45) is 0. The molecule has 0 N–H and O–H groups in total. The van der Waals surface area contributed by atoms with Crippen molar-refractivity contribution >= 4 is 21.5 Å². The van der Waals surface area contributed by atoms with Gasteiger partial charge in [-0.25, -0.2) is 4.39 Å². The number of nitrogens with zero attached hydrogens (tertiary/aromatic N) is 1. The summed E-state index contributed by atoms with van der Waals surface area (Å²) in [6, 6.07) is 30.7. The normalized spacial score (nSPS) is 12.2. The zero-order chi connectivity index (χ0) is 26.5. The van der Waals surface area contributed by atoms with E-state index in [0.717, 1.165) is 49.4 Å². The molecular weight excluding hydrogens is 453 g/mol. The van der Waals surface area contributed by atoms with Crippen molar-refractivity contribution in [2.45, 2.75) is 52.4 Å². The first-order chi connectivity index (χ1) is 17.5. The average molecular weight is 486 g/mol. The first-order valence-electron chi connectivity index (χ1n) is 12.8.